The monoisotopic (exact) mass is 418 g/mol. The van der Waals surface area contributed by atoms with Gasteiger partial charge in [-0.05, 0) is 62.2 Å². The van der Waals surface area contributed by atoms with Crippen LogP contribution in [0.15, 0.2) is 38.6 Å². The summed E-state index contributed by atoms with van der Waals surface area (Å²) in [5, 5.41) is 3.32. The number of hydrogen-bond acceptors (Lipinski definition) is 4. The van der Waals surface area contributed by atoms with E-state index >= 15 is 0 Å². The first-order valence-corrected chi connectivity index (χ1v) is 8.13. The molecule has 0 bridgehead atoms. The number of primary amides is 1. The fourth-order valence-electron chi connectivity index (χ4n) is 1.49. The SMILES string of the molecule is NC(=O)COc1ccc(NCc2cc(Br)c(Br)s2)cc1. The third-order valence-electron chi connectivity index (χ3n) is 2.40. The average Bonchev–Trinajstić information content (AvgIpc) is 2.74. The van der Waals surface area contributed by atoms with E-state index in [9.17, 15) is 4.79 Å². The minimum Gasteiger partial charge on any atom is -0.484 e. The number of carbonyl (C=O) groups excluding carboxylic acids is 1. The molecule has 1 aromatic heterocycles. The molecule has 0 unspecified atom stereocenters. The Morgan fingerprint density at radius 2 is 2.00 bits per heavy atom. The summed E-state index contributed by atoms with van der Waals surface area (Å²) < 4.78 is 7.34. The normalized spacial score (nSPS) is 10.3. The van der Waals surface area contributed by atoms with Crippen LogP contribution in [0.3, 0.4) is 0 Å². The Morgan fingerprint density at radius 1 is 1.30 bits per heavy atom. The van der Waals surface area contributed by atoms with Gasteiger partial charge in [-0.25, -0.2) is 0 Å². The van der Waals surface area contributed by atoms with Crippen LogP contribution in [0.5, 0.6) is 5.75 Å². The van der Waals surface area contributed by atoms with Gasteiger partial charge in [0.1, 0.15) is 5.75 Å². The summed E-state index contributed by atoms with van der Waals surface area (Å²) in [5.74, 6) is 0.136. The van der Waals surface area contributed by atoms with Crippen molar-refractivity contribution in [2.75, 3.05) is 11.9 Å². The van der Waals surface area contributed by atoms with E-state index in [0.717, 1.165) is 20.5 Å². The van der Waals surface area contributed by atoms with Crippen molar-refractivity contribution in [3.8, 4) is 5.75 Å². The maximum absolute atomic E-state index is 10.6. The molecule has 0 spiro atoms. The molecule has 0 atom stereocenters. The van der Waals surface area contributed by atoms with Crippen molar-refractivity contribution in [1.29, 1.82) is 0 Å². The van der Waals surface area contributed by atoms with Gasteiger partial charge in [-0.3, -0.25) is 4.79 Å². The second kappa shape index (κ2) is 7.10. The molecule has 20 heavy (non-hydrogen) atoms. The Balaban J connectivity index is 1.88. The van der Waals surface area contributed by atoms with Gasteiger partial charge in [-0.15, -0.1) is 11.3 Å². The molecular formula is C13H12Br2N2O2S. The van der Waals surface area contributed by atoms with E-state index in [-0.39, 0.29) is 6.61 Å². The molecule has 0 aliphatic carbocycles. The lowest BCUT2D eigenvalue weighted by atomic mass is 10.3. The summed E-state index contributed by atoms with van der Waals surface area (Å²) in [5.41, 5.74) is 6.00. The van der Waals surface area contributed by atoms with Crippen molar-refractivity contribution in [3.63, 3.8) is 0 Å². The van der Waals surface area contributed by atoms with Gasteiger partial charge in [0, 0.05) is 21.6 Å². The number of ether oxygens (including phenoxy) is 1. The predicted molar refractivity (Wildman–Crippen MR) is 88.2 cm³/mol. The molecule has 0 saturated heterocycles. The molecule has 0 fully saturated rings. The van der Waals surface area contributed by atoms with Crippen LogP contribution in [0.2, 0.25) is 0 Å². The molecule has 0 aliphatic heterocycles. The molecule has 3 N–H and O–H groups in total. The first-order chi connectivity index (χ1) is 9.54. The molecule has 2 rings (SSSR count). The van der Waals surface area contributed by atoms with Gasteiger partial charge in [0.15, 0.2) is 6.61 Å². The summed E-state index contributed by atoms with van der Waals surface area (Å²) in [6.07, 6.45) is 0. The quantitative estimate of drug-likeness (QED) is 0.749. The number of thiophene rings is 1. The number of amides is 1. The van der Waals surface area contributed by atoms with Crippen LogP contribution in [0.1, 0.15) is 4.88 Å². The van der Waals surface area contributed by atoms with E-state index in [2.05, 4.69) is 43.2 Å². The lowest BCUT2D eigenvalue weighted by molar-refractivity contribution is -0.119. The molecule has 1 amide bonds. The number of halogens is 2. The molecule has 7 heteroatoms. The number of carbonyl (C=O) groups is 1. The van der Waals surface area contributed by atoms with Crippen LogP contribution in [0, 0.1) is 0 Å². The van der Waals surface area contributed by atoms with E-state index < -0.39 is 5.91 Å². The first kappa shape index (κ1) is 15.3. The van der Waals surface area contributed by atoms with Crippen LogP contribution < -0.4 is 15.8 Å². The predicted octanol–water partition coefficient (Wildman–Crippen LogP) is 3.75. The number of hydrogen-bond donors (Lipinski definition) is 2. The van der Waals surface area contributed by atoms with Crippen LogP contribution in [0.25, 0.3) is 0 Å². The summed E-state index contributed by atoms with van der Waals surface area (Å²) in [4.78, 5) is 11.8. The first-order valence-electron chi connectivity index (χ1n) is 5.73. The fourth-order valence-corrected chi connectivity index (χ4v) is 3.61. The molecule has 2 aromatic rings. The van der Waals surface area contributed by atoms with E-state index in [4.69, 9.17) is 10.5 Å². The average molecular weight is 420 g/mol. The van der Waals surface area contributed by atoms with Gasteiger partial charge in [0.2, 0.25) is 0 Å². The van der Waals surface area contributed by atoms with Crippen LogP contribution >= 0.6 is 43.2 Å². The third kappa shape index (κ3) is 4.50. The van der Waals surface area contributed by atoms with Crippen molar-refractivity contribution in [1.82, 2.24) is 0 Å². The van der Waals surface area contributed by atoms with Gasteiger partial charge in [-0.1, -0.05) is 0 Å². The summed E-state index contributed by atoms with van der Waals surface area (Å²) in [6, 6.07) is 9.46. The third-order valence-corrected chi connectivity index (χ3v) is 5.65. The lowest BCUT2D eigenvalue weighted by Crippen LogP contribution is -2.19. The Morgan fingerprint density at radius 3 is 2.55 bits per heavy atom. The van der Waals surface area contributed by atoms with Gasteiger partial charge in [0.05, 0.1) is 3.79 Å². The molecule has 1 heterocycles. The molecule has 0 saturated carbocycles. The Kier molecular flexibility index (Phi) is 5.45. The zero-order valence-corrected chi connectivity index (χ0v) is 14.3. The molecule has 106 valence electrons. The van der Waals surface area contributed by atoms with Crippen molar-refractivity contribution in [2.45, 2.75) is 6.54 Å². The Bertz CT molecular complexity index is 579. The van der Waals surface area contributed by atoms with E-state index in [1.165, 1.54) is 4.88 Å². The van der Waals surface area contributed by atoms with Gasteiger partial charge in [-0.2, -0.15) is 0 Å². The van der Waals surface area contributed by atoms with E-state index in [1.807, 2.05) is 12.1 Å². The molecule has 0 aliphatic rings. The maximum Gasteiger partial charge on any atom is 0.255 e. The lowest BCUT2D eigenvalue weighted by Gasteiger charge is -2.07. The minimum atomic E-state index is -0.485. The highest BCUT2D eigenvalue weighted by Gasteiger charge is 2.04. The second-order valence-corrected chi connectivity index (χ2v) is 7.28. The number of rotatable bonds is 6. The zero-order chi connectivity index (χ0) is 14.5. The number of benzene rings is 1. The number of anilines is 1. The Labute approximate surface area is 137 Å². The minimum absolute atomic E-state index is 0.107. The summed E-state index contributed by atoms with van der Waals surface area (Å²) in [7, 11) is 0. The van der Waals surface area contributed by atoms with Crippen molar-refractivity contribution >= 4 is 54.8 Å². The van der Waals surface area contributed by atoms with Crippen LogP contribution in [-0.4, -0.2) is 12.5 Å². The van der Waals surface area contributed by atoms with Crippen LogP contribution in [0.4, 0.5) is 5.69 Å². The zero-order valence-electron chi connectivity index (χ0n) is 10.4. The van der Waals surface area contributed by atoms with Gasteiger partial charge >= 0.3 is 0 Å². The fraction of sp³-hybridized carbons (Fsp3) is 0.154. The smallest absolute Gasteiger partial charge is 0.255 e. The highest BCUT2D eigenvalue weighted by Crippen LogP contribution is 2.32. The van der Waals surface area contributed by atoms with E-state index in [1.54, 1.807) is 23.5 Å². The summed E-state index contributed by atoms with van der Waals surface area (Å²) >= 11 is 8.61. The highest BCUT2D eigenvalue weighted by molar-refractivity contribution is 9.13. The van der Waals surface area contributed by atoms with Gasteiger partial charge < -0.3 is 15.8 Å². The molecule has 0 radical (unpaired) electrons. The summed E-state index contributed by atoms with van der Waals surface area (Å²) in [6.45, 7) is 0.639. The highest BCUT2D eigenvalue weighted by atomic mass is 79.9. The molecular weight excluding hydrogens is 408 g/mol. The molecule has 4 nitrogen and oxygen atoms in total. The van der Waals surface area contributed by atoms with Gasteiger partial charge in [0.25, 0.3) is 5.91 Å². The molecule has 1 aromatic carbocycles. The largest absolute Gasteiger partial charge is 0.484 e. The van der Waals surface area contributed by atoms with E-state index in [0.29, 0.717) is 5.75 Å². The van der Waals surface area contributed by atoms with Crippen LogP contribution in [-0.2, 0) is 11.3 Å². The Hall–Kier alpha value is -1.05. The standard InChI is InChI=1S/C13H12Br2N2O2S/c14-11-5-10(20-13(11)15)6-17-8-1-3-9(4-2-8)19-7-12(16)18/h1-5,17H,6-7H2,(H2,16,18). The van der Waals surface area contributed by atoms with Crippen molar-refractivity contribution < 1.29 is 9.53 Å². The maximum atomic E-state index is 10.6. The topological polar surface area (TPSA) is 64.4 Å². The van der Waals surface area contributed by atoms with Crippen molar-refractivity contribution in [2.24, 2.45) is 5.73 Å². The second-order valence-electron chi connectivity index (χ2n) is 3.97. The van der Waals surface area contributed by atoms with Crippen molar-refractivity contribution in [3.05, 3.63) is 43.5 Å². The number of nitrogens with two attached hydrogens (primary N) is 1. The number of nitrogens with one attached hydrogen (secondary N) is 1.